The van der Waals surface area contributed by atoms with Gasteiger partial charge in [-0.25, -0.2) is 4.98 Å². The van der Waals surface area contributed by atoms with Crippen LogP contribution in [0.2, 0.25) is 0 Å². The lowest BCUT2D eigenvalue weighted by molar-refractivity contribution is -0.253. The van der Waals surface area contributed by atoms with Crippen molar-refractivity contribution in [1.29, 1.82) is 0 Å². The Morgan fingerprint density at radius 2 is 1.77 bits per heavy atom. The first-order valence-corrected chi connectivity index (χ1v) is 12.8. The van der Waals surface area contributed by atoms with Crippen molar-refractivity contribution in [2.24, 2.45) is 0 Å². The minimum Gasteiger partial charge on any atom is -0.428 e. The smallest absolute Gasteiger partial charge is 0.428 e. The van der Waals surface area contributed by atoms with E-state index in [1.807, 2.05) is 30.3 Å². The zero-order valence-corrected chi connectivity index (χ0v) is 20.0. The van der Waals surface area contributed by atoms with Gasteiger partial charge in [-0.2, -0.15) is 17.6 Å². The van der Waals surface area contributed by atoms with Crippen LogP contribution in [0.1, 0.15) is 28.8 Å². The minimum absolute atomic E-state index is 0.110. The van der Waals surface area contributed by atoms with Crippen molar-refractivity contribution in [2.75, 3.05) is 0 Å². The van der Waals surface area contributed by atoms with Crippen LogP contribution in [-0.4, -0.2) is 22.1 Å². The van der Waals surface area contributed by atoms with Gasteiger partial charge in [0, 0.05) is 10.6 Å². The lowest BCUT2D eigenvalue weighted by atomic mass is 9.98. The monoisotopic (exact) mass is 520 g/mol. The Balaban J connectivity index is 1.47. The van der Waals surface area contributed by atoms with Gasteiger partial charge in [-0.1, -0.05) is 42.1 Å². The number of benzene rings is 2. The molecule has 0 amide bonds. The van der Waals surface area contributed by atoms with Crippen LogP contribution < -0.4 is 10.3 Å². The summed E-state index contributed by atoms with van der Waals surface area (Å²) in [7, 11) is 0. The van der Waals surface area contributed by atoms with Crippen molar-refractivity contribution in [3.8, 4) is 11.4 Å². The highest BCUT2D eigenvalue weighted by molar-refractivity contribution is 7.98. The number of thiophene rings is 1. The van der Waals surface area contributed by atoms with Crippen molar-refractivity contribution in [3.05, 3.63) is 81.0 Å². The molecule has 1 aliphatic rings. The van der Waals surface area contributed by atoms with E-state index in [-0.39, 0.29) is 11.3 Å². The fourth-order valence-electron chi connectivity index (χ4n) is 4.05. The van der Waals surface area contributed by atoms with Crippen molar-refractivity contribution in [2.45, 2.75) is 49.1 Å². The molecule has 0 N–H and O–H groups in total. The molecule has 0 fully saturated rings. The standard InChI is InChI=1S/C25H20F4N2O2S2/c26-23(27)25(28,29)33-17-12-10-15(11-13-17)14-34-24-30-20-18-8-4-5-9-19(18)35-21(20)22(32)31(24)16-6-2-1-3-7-16/h1-3,6-7,10-13,23H,4-5,8-9,14H2. The number of nitrogens with zero attached hydrogens (tertiary/aromatic N) is 2. The van der Waals surface area contributed by atoms with Gasteiger partial charge in [-0.15, -0.1) is 11.3 Å². The van der Waals surface area contributed by atoms with Crippen LogP contribution in [0.25, 0.3) is 15.9 Å². The molecule has 0 aliphatic heterocycles. The summed E-state index contributed by atoms with van der Waals surface area (Å²) in [5, 5.41) is 0.532. The van der Waals surface area contributed by atoms with Crippen LogP contribution >= 0.6 is 23.1 Å². The molecule has 5 rings (SSSR count). The number of aryl methyl sites for hydroxylation is 2. The topological polar surface area (TPSA) is 44.1 Å². The van der Waals surface area contributed by atoms with E-state index in [4.69, 9.17) is 4.98 Å². The van der Waals surface area contributed by atoms with Crippen LogP contribution in [0, 0.1) is 0 Å². The number of halogens is 4. The SMILES string of the molecule is O=c1c2sc3c(c2nc(SCc2ccc(OC(F)(F)C(F)F)cc2)n1-c1ccccc1)CCCC3. The molecule has 0 unspecified atom stereocenters. The molecule has 0 atom stereocenters. The number of aromatic nitrogens is 2. The number of hydrogen-bond donors (Lipinski definition) is 0. The molecule has 182 valence electrons. The summed E-state index contributed by atoms with van der Waals surface area (Å²) in [6.45, 7) is 0. The predicted octanol–water partition coefficient (Wildman–Crippen LogP) is 6.86. The number of alkyl halides is 4. The van der Waals surface area contributed by atoms with E-state index in [9.17, 15) is 22.4 Å². The highest BCUT2D eigenvalue weighted by atomic mass is 32.2. The first-order chi connectivity index (χ1) is 16.8. The molecular formula is C25H20F4N2O2S2. The average Bonchev–Trinajstić information content (AvgIpc) is 3.23. The summed E-state index contributed by atoms with van der Waals surface area (Å²) in [5.74, 6) is 0.0394. The Kier molecular flexibility index (Phi) is 6.59. The highest BCUT2D eigenvalue weighted by Gasteiger charge is 2.43. The van der Waals surface area contributed by atoms with Crippen LogP contribution in [0.4, 0.5) is 17.6 Å². The number of rotatable bonds is 7. The van der Waals surface area contributed by atoms with Crippen molar-refractivity contribution in [1.82, 2.24) is 9.55 Å². The van der Waals surface area contributed by atoms with E-state index in [0.29, 0.717) is 21.3 Å². The van der Waals surface area contributed by atoms with Gasteiger partial charge in [0.1, 0.15) is 10.4 Å². The normalized spacial score (nSPS) is 13.9. The maximum Gasteiger partial charge on any atom is 0.461 e. The number of thioether (sulfide) groups is 1. The van der Waals surface area contributed by atoms with Crippen LogP contribution in [-0.2, 0) is 18.6 Å². The molecule has 1 aliphatic carbocycles. The average molecular weight is 521 g/mol. The van der Waals surface area contributed by atoms with Crippen LogP contribution in [0.5, 0.6) is 5.75 Å². The fraction of sp³-hybridized carbons (Fsp3) is 0.280. The Hall–Kier alpha value is -2.85. The number of hydrogen-bond acceptors (Lipinski definition) is 5. The third-order valence-electron chi connectivity index (χ3n) is 5.75. The van der Waals surface area contributed by atoms with Crippen LogP contribution in [0.3, 0.4) is 0 Å². The van der Waals surface area contributed by atoms with Gasteiger partial charge in [0.15, 0.2) is 5.16 Å². The van der Waals surface area contributed by atoms with E-state index < -0.39 is 12.5 Å². The van der Waals surface area contributed by atoms with Gasteiger partial charge in [-0.05, 0) is 61.1 Å². The second-order valence-electron chi connectivity index (χ2n) is 8.16. The fourth-order valence-corrected chi connectivity index (χ4v) is 6.27. The molecule has 35 heavy (non-hydrogen) atoms. The number of para-hydroxylation sites is 1. The first-order valence-electron chi connectivity index (χ1n) is 11.0. The van der Waals surface area contributed by atoms with E-state index in [1.165, 1.54) is 52.2 Å². The van der Waals surface area contributed by atoms with Gasteiger partial charge in [0.25, 0.3) is 5.56 Å². The summed E-state index contributed by atoms with van der Waals surface area (Å²) in [4.78, 5) is 19.7. The molecule has 4 aromatic rings. The van der Waals surface area contributed by atoms with E-state index in [1.54, 1.807) is 4.57 Å². The Morgan fingerprint density at radius 3 is 2.49 bits per heavy atom. The quantitative estimate of drug-likeness (QED) is 0.152. The number of fused-ring (bicyclic) bond motifs is 3. The molecule has 0 saturated carbocycles. The second kappa shape index (κ2) is 9.66. The Labute approximate surface area is 206 Å². The van der Waals surface area contributed by atoms with Gasteiger partial charge < -0.3 is 4.74 Å². The highest BCUT2D eigenvalue weighted by Crippen LogP contribution is 2.36. The van der Waals surface area contributed by atoms with E-state index >= 15 is 0 Å². The molecule has 2 aromatic heterocycles. The molecule has 2 aromatic carbocycles. The summed E-state index contributed by atoms with van der Waals surface area (Å²) in [6.07, 6.45) is -4.42. The number of ether oxygens (including phenoxy) is 1. The van der Waals surface area contributed by atoms with Gasteiger partial charge >= 0.3 is 12.5 Å². The summed E-state index contributed by atoms with van der Waals surface area (Å²) >= 11 is 2.88. The summed E-state index contributed by atoms with van der Waals surface area (Å²) in [6, 6.07) is 14.8. The molecule has 0 saturated heterocycles. The van der Waals surface area contributed by atoms with Gasteiger partial charge in [0.2, 0.25) is 0 Å². The molecule has 2 heterocycles. The van der Waals surface area contributed by atoms with E-state index in [0.717, 1.165) is 42.3 Å². The third kappa shape index (κ3) is 4.81. The molecule has 0 radical (unpaired) electrons. The Bertz CT molecular complexity index is 1400. The van der Waals surface area contributed by atoms with Gasteiger partial charge in [0.05, 0.1) is 11.2 Å². The second-order valence-corrected chi connectivity index (χ2v) is 10.2. The van der Waals surface area contributed by atoms with Crippen molar-refractivity contribution in [3.63, 3.8) is 0 Å². The minimum atomic E-state index is -4.55. The maximum absolute atomic E-state index is 13.6. The molecule has 10 heteroatoms. The zero-order chi connectivity index (χ0) is 24.6. The van der Waals surface area contributed by atoms with E-state index in [2.05, 4.69) is 4.74 Å². The zero-order valence-electron chi connectivity index (χ0n) is 18.3. The van der Waals surface area contributed by atoms with Crippen LogP contribution in [0.15, 0.2) is 64.5 Å². The molecule has 0 bridgehead atoms. The first kappa shape index (κ1) is 23.9. The lowest BCUT2D eigenvalue weighted by Crippen LogP contribution is -2.33. The van der Waals surface area contributed by atoms with Gasteiger partial charge in [-0.3, -0.25) is 9.36 Å². The Morgan fingerprint density at radius 1 is 1.06 bits per heavy atom. The predicted molar refractivity (Wildman–Crippen MR) is 129 cm³/mol. The summed E-state index contributed by atoms with van der Waals surface area (Å²) in [5.41, 5.74) is 3.27. The summed E-state index contributed by atoms with van der Waals surface area (Å²) < 4.78 is 57.4. The lowest BCUT2D eigenvalue weighted by Gasteiger charge is -2.17. The largest absolute Gasteiger partial charge is 0.461 e. The molecule has 4 nitrogen and oxygen atoms in total. The molecule has 0 spiro atoms. The third-order valence-corrected chi connectivity index (χ3v) is 8.03. The van der Waals surface area contributed by atoms with Crippen molar-refractivity contribution < 1.29 is 22.3 Å². The maximum atomic E-state index is 13.6. The van der Waals surface area contributed by atoms with Crippen molar-refractivity contribution >= 4 is 33.3 Å². The molecular weight excluding hydrogens is 500 g/mol.